The molecule has 0 fully saturated rings. The van der Waals surface area contributed by atoms with Crippen LogP contribution in [-0.2, 0) is 16.1 Å². The van der Waals surface area contributed by atoms with Crippen molar-refractivity contribution in [1.82, 2.24) is 0 Å². The van der Waals surface area contributed by atoms with Gasteiger partial charge in [-0.05, 0) is 41.4 Å². The number of carbonyl (C=O) groups excluding carboxylic acids is 1. The summed E-state index contributed by atoms with van der Waals surface area (Å²) in [6, 6.07) is 13.0. The molecule has 3 rings (SSSR count). The van der Waals surface area contributed by atoms with E-state index in [1.54, 1.807) is 0 Å². The van der Waals surface area contributed by atoms with Crippen LogP contribution in [0.5, 0.6) is 0 Å². The maximum absolute atomic E-state index is 11.5. The highest BCUT2D eigenvalue weighted by Gasteiger charge is 2.18. The van der Waals surface area contributed by atoms with Crippen LogP contribution >= 0.6 is 10.5 Å². The number of aromatic nitrogens is 1. The second-order valence-electron chi connectivity index (χ2n) is 7.20. The van der Waals surface area contributed by atoms with Gasteiger partial charge in [0.25, 0.3) is 0 Å². The summed E-state index contributed by atoms with van der Waals surface area (Å²) >= 11 is 0. The Hall–Kier alpha value is -2.10. The second kappa shape index (κ2) is 13.3. The lowest BCUT2D eigenvalue weighted by atomic mass is 10.2. The molecular weight excluding hydrogens is 525 g/mol. The molecule has 1 aromatic carbocycles. The van der Waals surface area contributed by atoms with E-state index in [1.165, 1.54) is 16.1 Å². The summed E-state index contributed by atoms with van der Waals surface area (Å²) in [4.78, 5) is 17.9. The molecule has 0 spiro atoms. The molecule has 1 aromatic heterocycles. The number of unbranched alkanes of at least 4 members (excludes halogenated alkanes) is 2. The number of pyridine rings is 1. The lowest BCUT2D eigenvalue weighted by molar-refractivity contribution is -0.697. The number of nitrogens with zero attached hydrogens (tertiary/aromatic N) is 5. The quantitative estimate of drug-likeness (QED) is 0.0650. The predicted octanol–water partition coefficient (Wildman–Crippen LogP) is 1.28. The average Bonchev–Trinajstić information content (AvgIpc) is 3.08. The van der Waals surface area contributed by atoms with E-state index in [2.05, 4.69) is 80.7 Å². The van der Waals surface area contributed by atoms with Gasteiger partial charge >= 0.3 is 5.97 Å². The van der Waals surface area contributed by atoms with E-state index in [1.807, 2.05) is 0 Å². The molecule has 1 aliphatic heterocycles. The van der Waals surface area contributed by atoms with Crippen molar-refractivity contribution in [3.63, 3.8) is 0 Å². The van der Waals surface area contributed by atoms with Crippen LogP contribution in [0, 0.1) is 0 Å². The third kappa shape index (κ3) is 7.83. The molecule has 0 N–H and O–H groups in total. The molecule has 31 heavy (non-hydrogen) atoms. The Balaban J connectivity index is 0.00000341. The van der Waals surface area contributed by atoms with Crippen molar-refractivity contribution in [2.75, 3.05) is 31.0 Å². The first-order valence-corrected chi connectivity index (χ1v) is 11.6. The number of rotatable bonds is 10. The van der Waals surface area contributed by atoms with E-state index in [9.17, 15) is 4.79 Å². The fourth-order valence-electron chi connectivity index (χ4n) is 3.36. The van der Waals surface area contributed by atoms with Crippen molar-refractivity contribution in [3.05, 3.63) is 64.8 Å². The van der Waals surface area contributed by atoms with Crippen LogP contribution < -0.4 is 33.4 Å². The Morgan fingerprint density at radius 1 is 1.26 bits per heavy atom. The van der Waals surface area contributed by atoms with E-state index in [0.717, 1.165) is 31.7 Å². The standard InChI is InChI=1S/C22H28N5O2S.HI/c1-26-18-30(21-8-5-4-7-20(21)26)17-19-10-14-27(15-11-19)13-6-2-3-9-22(28)29-16-12-24-25-23;/h4-5,7-8,10-11,14-15,17H,2-3,6,9,12-13,16,18H2,1H3;1H/q+1;/p-1. The minimum atomic E-state index is -0.226. The molecule has 0 saturated carbocycles. The largest absolute Gasteiger partial charge is 1.00 e. The van der Waals surface area contributed by atoms with Crippen LogP contribution in [0.2, 0.25) is 0 Å². The molecule has 9 heteroatoms. The number of halogens is 1. The highest BCUT2D eigenvalue weighted by Crippen LogP contribution is 2.42. The van der Waals surface area contributed by atoms with E-state index in [4.69, 9.17) is 10.3 Å². The van der Waals surface area contributed by atoms with Crippen LogP contribution in [0.3, 0.4) is 0 Å². The van der Waals surface area contributed by atoms with E-state index >= 15 is 0 Å². The van der Waals surface area contributed by atoms with Gasteiger partial charge in [-0.15, -0.1) is 10.5 Å². The van der Waals surface area contributed by atoms with Gasteiger partial charge in [0.1, 0.15) is 6.54 Å². The summed E-state index contributed by atoms with van der Waals surface area (Å²) in [5.74, 6) is 0.818. The summed E-state index contributed by atoms with van der Waals surface area (Å²) in [6.07, 6.45) is 7.46. The molecule has 2 heterocycles. The summed E-state index contributed by atoms with van der Waals surface area (Å²) in [7, 11) is 2.27. The maximum atomic E-state index is 11.5. The van der Waals surface area contributed by atoms with E-state index in [0.29, 0.717) is 6.42 Å². The zero-order valence-corrected chi connectivity index (χ0v) is 20.7. The van der Waals surface area contributed by atoms with Crippen LogP contribution in [0.1, 0.15) is 31.2 Å². The van der Waals surface area contributed by atoms with Crippen molar-refractivity contribution >= 4 is 27.5 Å². The monoisotopic (exact) mass is 553 g/mol. The smallest absolute Gasteiger partial charge is 0.305 e. The zero-order valence-electron chi connectivity index (χ0n) is 17.7. The van der Waals surface area contributed by atoms with E-state index in [-0.39, 0.29) is 53.6 Å². The molecule has 7 nitrogen and oxygen atoms in total. The van der Waals surface area contributed by atoms with Crippen molar-refractivity contribution in [1.29, 1.82) is 0 Å². The second-order valence-corrected chi connectivity index (χ2v) is 8.99. The van der Waals surface area contributed by atoms with Gasteiger partial charge in [-0.25, -0.2) is 4.57 Å². The number of hydrogen-bond acceptors (Lipinski definition) is 4. The number of aryl methyl sites for hydroxylation is 1. The zero-order chi connectivity index (χ0) is 21.2. The van der Waals surface area contributed by atoms with Crippen LogP contribution in [0.4, 0.5) is 5.69 Å². The molecule has 0 radical (unpaired) electrons. The van der Waals surface area contributed by atoms with Gasteiger partial charge in [0, 0.05) is 41.8 Å². The number of azide groups is 1. The maximum Gasteiger partial charge on any atom is 0.305 e. The molecule has 0 saturated heterocycles. The van der Waals surface area contributed by atoms with Crippen molar-refractivity contribution in [2.45, 2.75) is 37.1 Å². The fraction of sp³-hybridized carbons (Fsp3) is 0.409. The van der Waals surface area contributed by atoms with Gasteiger partial charge in [0.15, 0.2) is 12.4 Å². The van der Waals surface area contributed by atoms with Crippen LogP contribution in [0.25, 0.3) is 10.4 Å². The molecule has 1 aliphatic rings. The first-order chi connectivity index (χ1) is 14.7. The SMILES string of the molecule is CN1C/S(=C\c2cc[n+](CCCCCC(=O)OCCN=[N+]=[N-])cc2)c2ccccc21.[I-]. The first kappa shape index (κ1) is 25.2. The number of hydrogen-bond donors (Lipinski definition) is 0. The van der Waals surface area contributed by atoms with Crippen molar-refractivity contribution < 1.29 is 38.1 Å². The fourth-order valence-corrected chi connectivity index (χ4v) is 5.49. The Morgan fingerprint density at radius 3 is 2.81 bits per heavy atom. The van der Waals surface area contributed by atoms with Crippen LogP contribution in [0.15, 0.2) is 58.8 Å². The summed E-state index contributed by atoms with van der Waals surface area (Å²) in [5.41, 5.74) is 10.8. The molecule has 0 aliphatic carbocycles. The lowest BCUT2D eigenvalue weighted by Crippen LogP contribution is -3.00. The third-order valence-electron chi connectivity index (χ3n) is 4.90. The molecule has 0 bridgehead atoms. The molecule has 1 atom stereocenters. The number of para-hydroxylation sites is 1. The van der Waals surface area contributed by atoms with E-state index < -0.39 is 0 Å². The van der Waals surface area contributed by atoms with Gasteiger partial charge in [-0.2, -0.15) is 0 Å². The van der Waals surface area contributed by atoms with Gasteiger partial charge in [0.2, 0.25) is 0 Å². The highest BCUT2D eigenvalue weighted by atomic mass is 127. The molecular formula is C22H28IN5O2S. The van der Waals surface area contributed by atoms with Crippen LogP contribution in [-0.4, -0.2) is 37.4 Å². The topological polar surface area (TPSA) is 82.2 Å². The van der Waals surface area contributed by atoms with Crippen molar-refractivity contribution in [2.24, 2.45) is 5.11 Å². The Kier molecular flexibility index (Phi) is 10.8. The number of esters is 1. The molecule has 2 aromatic rings. The summed E-state index contributed by atoms with van der Waals surface area (Å²) < 4.78 is 7.18. The number of anilines is 1. The summed E-state index contributed by atoms with van der Waals surface area (Å²) in [5, 5.41) is 5.71. The first-order valence-electron chi connectivity index (χ1n) is 10.2. The number of benzene rings is 1. The van der Waals surface area contributed by atoms with Gasteiger partial charge in [-0.1, -0.05) is 17.2 Å². The highest BCUT2D eigenvalue weighted by molar-refractivity contribution is 8.15. The van der Waals surface area contributed by atoms with Crippen molar-refractivity contribution in [3.8, 4) is 0 Å². The number of fused-ring (bicyclic) bond motifs is 1. The van der Waals surface area contributed by atoms with Gasteiger partial charge < -0.3 is 33.6 Å². The Morgan fingerprint density at radius 2 is 2.03 bits per heavy atom. The Labute approximate surface area is 203 Å². The molecule has 166 valence electrons. The van der Waals surface area contributed by atoms with Gasteiger partial charge in [-0.3, -0.25) is 4.79 Å². The summed E-state index contributed by atoms with van der Waals surface area (Å²) in [6.45, 7) is 1.28. The molecule has 1 unspecified atom stereocenters. The predicted molar refractivity (Wildman–Crippen MR) is 121 cm³/mol. The number of carbonyl (C=O) groups is 1. The minimum absolute atomic E-state index is 0. The average molecular weight is 553 g/mol. The number of ether oxygens (including phenoxy) is 1. The Bertz CT molecular complexity index is 945. The normalized spacial score (nSPS) is 14.5. The minimum Gasteiger partial charge on any atom is -1.00 e. The van der Waals surface area contributed by atoms with Gasteiger partial charge in [0.05, 0.1) is 24.7 Å². The third-order valence-corrected chi connectivity index (χ3v) is 7.03. The lowest BCUT2D eigenvalue weighted by Gasteiger charge is -2.09. The molecule has 0 amide bonds.